The van der Waals surface area contributed by atoms with Crippen molar-refractivity contribution < 1.29 is 28.6 Å². The Morgan fingerprint density at radius 2 is 0.476 bits per heavy atom. The second-order valence-electron chi connectivity index (χ2n) is 23.8. The first-order valence-corrected chi connectivity index (χ1v) is 35.6. The molecule has 0 fully saturated rings. The van der Waals surface area contributed by atoms with E-state index in [1.807, 2.05) is 0 Å². The van der Waals surface area contributed by atoms with Gasteiger partial charge >= 0.3 is 17.9 Å². The zero-order valence-electron chi connectivity index (χ0n) is 54.5. The van der Waals surface area contributed by atoms with Gasteiger partial charge in [-0.25, -0.2) is 0 Å². The van der Waals surface area contributed by atoms with Gasteiger partial charge in [0, 0.05) is 19.3 Å². The fourth-order valence-electron chi connectivity index (χ4n) is 10.3. The van der Waals surface area contributed by atoms with Crippen LogP contribution in [0.4, 0.5) is 0 Å². The Morgan fingerprint density at radius 3 is 0.756 bits per heavy atom. The Balaban J connectivity index is 4.29. The van der Waals surface area contributed by atoms with E-state index in [2.05, 4.69) is 106 Å². The van der Waals surface area contributed by atoms with Gasteiger partial charge in [-0.3, -0.25) is 14.4 Å². The normalized spacial score (nSPS) is 12.6. The number of hydrogen-bond donors (Lipinski definition) is 0. The summed E-state index contributed by atoms with van der Waals surface area (Å²) in [6.45, 7) is 6.56. The molecule has 6 heteroatoms. The molecular formula is C76H134O6. The Labute approximate surface area is 509 Å². The molecule has 0 N–H and O–H groups in total. The second-order valence-corrected chi connectivity index (χ2v) is 23.8. The third kappa shape index (κ3) is 67.4. The van der Waals surface area contributed by atoms with Crippen LogP contribution in [-0.2, 0) is 28.6 Å². The van der Waals surface area contributed by atoms with Crippen LogP contribution in [0.2, 0.25) is 0 Å². The Bertz CT molecular complexity index is 1550. The van der Waals surface area contributed by atoms with Gasteiger partial charge in [0.25, 0.3) is 0 Å². The molecule has 474 valence electrons. The zero-order chi connectivity index (χ0) is 59.2. The monoisotopic (exact) mass is 1140 g/mol. The second kappa shape index (κ2) is 70.1. The summed E-state index contributed by atoms with van der Waals surface area (Å²) in [6.07, 6.45) is 93.2. The highest BCUT2D eigenvalue weighted by molar-refractivity contribution is 5.71. The van der Waals surface area contributed by atoms with Crippen molar-refractivity contribution in [3.8, 4) is 0 Å². The summed E-state index contributed by atoms with van der Waals surface area (Å²) >= 11 is 0. The Hall–Kier alpha value is -3.41. The highest BCUT2D eigenvalue weighted by atomic mass is 16.6. The van der Waals surface area contributed by atoms with E-state index < -0.39 is 6.10 Å². The van der Waals surface area contributed by atoms with Crippen LogP contribution in [0.25, 0.3) is 0 Å². The van der Waals surface area contributed by atoms with Crippen LogP contribution in [0.3, 0.4) is 0 Å². The van der Waals surface area contributed by atoms with Crippen molar-refractivity contribution in [1.82, 2.24) is 0 Å². The van der Waals surface area contributed by atoms with E-state index in [9.17, 15) is 14.4 Å². The molecule has 0 aliphatic heterocycles. The summed E-state index contributed by atoms with van der Waals surface area (Å²) in [5, 5.41) is 0. The van der Waals surface area contributed by atoms with Gasteiger partial charge in [-0.15, -0.1) is 0 Å². The van der Waals surface area contributed by atoms with E-state index in [4.69, 9.17) is 14.2 Å². The number of unbranched alkanes of at least 4 members (excludes halogenated alkanes) is 40. The molecule has 0 aliphatic rings. The van der Waals surface area contributed by atoms with Gasteiger partial charge in [0.05, 0.1) is 0 Å². The van der Waals surface area contributed by atoms with E-state index in [-0.39, 0.29) is 31.1 Å². The van der Waals surface area contributed by atoms with Crippen LogP contribution in [0.15, 0.2) is 85.1 Å². The number of carbonyl (C=O) groups excluding carboxylic acids is 3. The van der Waals surface area contributed by atoms with Crippen molar-refractivity contribution in [2.24, 2.45) is 0 Å². The minimum Gasteiger partial charge on any atom is -0.462 e. The molecule has 0 bridgehead atoms. The minimum absolute atomic E-state index is 0.0751. The van der Waals surface area contributed by atoms with E-state index in [0.29, 0.717) is 19.3 Å². The number of ether oxygens (including phenoxy) is 3. The summed E-state index contributed by atoms with van der Waals surface area (Å²) in [4.78, 5) is 38.5. The van der Waals surface area contributed by atoms with Crippen molar-refractivity contribution in [1.29, 1.82) is 0 Å². The van der Waals surface area contributed by atoms with Gasteiger partial charge in [-0.05, 0) is 96.3 Å². The number of rotatable bonds is 65. The standard InChI is InChI=1S/C76H134O6/c1-4-7-10-13-16-19-22-25-28-31-33-34-35-36-37-38-39-40-41-42-43-46-48-51-54-57-60-63-66-69-75(78)81-72-73(71-80-74(77)68-65-62-59-56-53-50-47-44-30-27-24-21-18-15-12-9-6-3)82-76(79)70-67-64-61-58-55-52-49-45-32-29-26-23-20-17-14-11-8-5-2/h7,10,16,19-20,23,25,28-29,32-34,36-37,73H,4-6,8-9,11-15,17-18,21-22,24,26-27,30-31,35,38-72H2,1-3H3/b10-7-,19-16-,23-20-,28-25-,32-29-,34-33-,37-36-. The van der Waals surface area contributed by atoms with Gasteiger partial charge in [-0.2, -0.15) is 0 Å². The van der Waals surface area contributed by atoms with Crippen LogP contribution in [-0.4, -0.2) is 37.2 Å². The molecule has 0 radical (unpaired) electrons. The molecule has 1 atom stereocenters. The van der Waals surface area contributed by atoms with Gasteiger partial charge in [0.1, 0.15) is 13.2 Å². The van der Waals surface area contributed by atoms with E-state index in [1.54, 1.807) is 0 Å². The molecule has 0 aromatic heterocycles. The Morgan fingerprint density at radius 1 is 0.256 bits per heavy atom. The molecule has 0 aliphatic carbocycles. The quantitative estimate of drug-likeness (QED) is 0.0261. The molecule has 0 aromatic rings. The first-order valence-electron chi connectivity index (χ1n) is 35.6. The largest absolute Gasteiger partial charge is 0.462 e. The predicted molar refractivity (Wildman–Crippen MR) is 358 cm³/mol. The third-order valence-corrected chi connectivity index (χ3v) is 15.6. The number of esters is 3. The molecule has 1 unspecified atom stereocenters. The molecule has 0 saturated heterocycles. The fourth-order valence-corrected chi connectivity index (χ4v) is 10.3. The summed E-state index contributed by atoms with van der Waals surface area (Å²) in [6, 6.07) is 0. The average Bonchev–Trinajstić information content (AvgIpc) is 3.47. The van der Waals surface area contributed by atoms with Gasteiger partial charge in [0.15, 0.2) is 6.10 Å². The molecule has 0 amide bonds. The molecule has 0 saturated carbocycles. The van der Waals surface area contributed by atoms with Gasteiger partial charge in [0.2, 0.25) is 0 Å². The highest BCUT2D eigenvalue weighted by Gasteiger charge is 2.19. The van der Waals surface area contributed by atoms with Crippen LogP contribution < -0.4 is 0 Å². The van der Waals surface area contributed by atoms with Crippen LogP contribution in [0.5, 0.6) is 0 Å². The summed E-state index contributed by atoms with van der Waals surface area (Å²) in [5.41, 5.74) is 0. The third-order valence-electron chi connectivity index (χ3n) is 15.6. The summed E-state index contributed by atoms with van der Waals surface area (Å²) < 4.78 is 17.0. The minimum atomic E-state index is -0.781. The smallest absolute Gasteiger partial charge is 0.306 e. The number of hydrogen-bond acceptors (Lipinski definition) is 6. The highest BCUT2D eigenvalue weighted by Crippen LogP contribution is 2.18. The van der Waals surface area contributed by atoms with Crippen molar-refractivity contribution >= 4 is 17.9 Å². The Kier molecular flexibility index (Phi) is 67.2. The lowest BCUT2D eigenvalue weighted by atomic mass is 10.0. The van der Waals surface area contributed by atoms with E-state index >= 15 is 0 Å². The van der Waals surface area contributed by atoms with Crippen molar-refractivity contribution in [2.45, 2.75) is 367 Å². The van der Waals surface area contributed by atoms with Crippen molar-refractivity contribution in [2.75, 3.05) is 13.2 Å². The van der Waals surface area contributed by atoms with Gasteiger partial charge < -0.3 is 14.2 Å². The maximum atomic E-state index is 13.0. The molecular weight excluding hydrogens is 1010 g/mol. The number of carbonyl (C=O) groups is 3. The lowest BCUT2D eigenvalue weighted by molar-refractivity contribution is -0.167. The topological polar surface area (TPSA) is 78.9 Å². The average molecular weight is 1140 g/mol. The molecule has 0 heterocycles. The maximum Gasteiger partial charge on any atom is 0.306 e. The van der Waals surface area contributed by atoms with E-state index in [0.717, 1.165) is 103 Å². The number of allylic oxidation sites excluding steroid dienone is 14. The molecule has 0 spiro atoms. The van der Waals surface area contributed by atoms with Crippen molar-refractivity contribution in [3.05, 3.63) is 85.1 Å². The molecule has 6 nitrogen and oxygen atoms in total. The van der Waals surface area contributed by atoms with Crippen LogP contribution >= 0.6 is 0 Å². The zero-order valence-corrected chi connectivity index (χ0v) is 54.5. The van der Waals surface area contributed by atoms with Gasteiger partial charge in [-0.1, -0.05) is 331 Å². The first-order chi connectivity index (χ1) is 40.5. The SMILES string of the molecule is CC/C=C\C/C=C\C/C=C\C/C=C\C/C=C\CCCCCCCCCCCCCCCC(=O)OCC(COC(=O)CCCCCCCCCCCCCCCCCCC)OC(=O)CCCCCCCCC/C=C\C/C=C\CCCCCC. The summed E-state index contributed by atoms with van der Waals surface area (Å²) in [5.74, 6) is -0.863. The molecule has 0 aromatic carbocycles. The molecule has 0 rings (SSSR count). The lowest BCUT2D eigenvalue weighted by Crippen LogP contribution is -2.30. The van der Waals surface area contributed by atoms with Crippen LogP contribution in [0.1, 0.15) is 361 Å². The molecule has 82 heavy (non-hydrogen) atoms. The first kappa shape index (κ1) is 78.6. The van der Waals surface area contributed by atoms with Crippen LogP contribution in [0, 0.1) is 0 Å². The maximum absolute atomic E-state index is 13.0. The fraction of sp³-hybridized carbons (Fsp3) is 0.776. The van der Waals surface area contributed by atoms with Crippen molar-refractivity contribution in [3.63, 3.8) is 0 Å². The predicted octanol–water partition coefficient (Wildman–Crippen LogP) is 24.6. The van der Waals surface area contributed by atoms with E-state index in [1.165, 1.54) is 218 Å². The lowest BCUT2D eigenvalue weighted by Gasteiger charge is -2.18. The summed E-state index contributed by atoms with van der Waals surface area (Å²) in [7, 11) is 0.